The summed E-state index contributed by atoms with van der Waals surface area (Å²) in [5, 5.41) is 0.822. The number of thioether (sulfide) groups is 1. The van der Waals surface area contributed by atoms with Crippen LogP contribution in [0.5, 0.6) is 0 Å². The lowest BCUT2D eigenvalue weighted by molar-refractivity contribution is 0.641. The zero-order chi connectivity index (χ0) is 10.7. The van der Waals surface area contributed by atoms with E-state index < -0.39 is 0 Å². The molecule has 0 unspecified atom stereocenters. The van der Waals surface area contributed by atoms with Crippen molar-refractivity contribution in [3.8, 4) is 0 Å². The van der Waals surface area contributed by atoms with Crippen LogP contribution in [0, 0.1) is 0 Å². The fourth-order valence-electron chi connectivity index (χ4n) is 1.73. The molecule has 0 saturated heterocycles. The number of hydrogen-bond acceptors (Lipinski definition) is 2. The minimum Gasteiger partial charge on any atom is -0.329 e. The third-order valence-electron chi connectivity index (χ3n) is 2.68. The van der Waals surface area contributed by atoms with Crippen molar-refractivity contribution in [3.63, 3.8) is 0 Å². The van der Waals surface area contributed by atoms with Gasteiger partial charge in [0, 0.05) is 16.2 Å². The first-order chi connectivity index (χ1) is 7.26. The van der Waals surface area contributed by atoms with Gasteiger partial charge in [0.2, 0.25) is 0 Å². The molecule has 0 heterocycles. The molecule has 80 valence electrons. The molecule has 1 aromatic rings. The molecule has 2 rings (SSSR count). The van der Waals surface area contributed by atoms with Gasteiger partial charge in [-0.15, -0.1) is 11.8 Å². The second-order valence-corrected chi connectivity index (χ2v) is 5.72. The van der Waals surface area contributed by atoms with Crippen LogP contribution in [-0.4, -0.2) is 11.3 Å². The molecule has 0 amide bonds. The van der Waals surface area contributed by atoms with Gasteiger partial charge >= 0.3 is 0 Å². The first-order valence-corrected chi connectivity index (χ1v) is 6.24. The van der Waals surface area contributed by atoms with Crippen LogP contribution in [-0.2, 0) is 0 Å². The summed E-state index contributed by atoms with van der Waals surface area (Å²) in [6, 6.07) is 7.95. The molecule has 15 heavy (non-hydrogen) atoms. The Bertz CT molecular complexity index is 368. The molecular weight excluding hydrogens is 226 g/mol. The van der Waals surface area contributed by atoms with Crippen LogP contribution in [0.15, 0.2) is 41.3 Å². The van der Waals surface area contributed by atoms with Crippen LogP contribution < -0.4 is 5.73 Å². The van der Waals surface area contributed by atoms with Gasteiger partial charge in [0.15, 0.2) is 0 Å². The van der Waals surface area contributed by atoms with Gasteiger partial charge in [-0.2, -0.15) is 0 Å². The number of nitrogens with two attached hydrogens (primary N) is 1. The topological polar surface area (TPSA) is 26.0 Å². The fraction of sp³-hybridized carbons (Fsp3) is 0.333. The molecule has 1 aliphatic carbocycles. The van der Waals surface area contributed by atoms with E-state index in [-0.39, 0.29) is 4.75 Å². The Balaban J connectivity index is 2.17. The van der Waals surface area contributed by atoms with Gasteiger partial charge in [-0.1, -0.05) is 35.9 Å². The molecule has 3 heteroatoms. The molecule has 0 spiro atoms. The van der Waals surface area contributed by atoms with Gasteiger partial charge in [0.05, 0.1) is 5.02 Å². The lowest BCUT2D eigenvalue weighted by Gasteiger charge is -2.26. The standard InChI is InChI=1S/C12H14ClNS/c13-10-5-1-2-6-11(10)15-12(9-14)7-3-4-8-12/h1-6H,7-9,14H2. The SMILES string of the molecule is NCC1(Sc2ccccc2Cl)CC=CC1. The maximum Gasteiger partial charge on any atom is 0.0542 e. The van der Waals surface area contributed by atoms with Gasteiger partial charge in [-0.25, -0.2) is 0 Å². The van der Waals surface area contributed by atoms with Crippen molar-refractivity contribution >= 4 is 23.4 Å². The summed E-state index contributed by atoms with van der Waals surface area (Å²) in [5.41, 5.74) is 5.86. The van der Waals surface area contributed by atoms with E-state index in [1.54, 1.807) is 11.8 Å². The minimum absolute atomic E-state index is 0.130. The molecule has 1 aliphatic rings. The highest BCUT2D eigenvalue weighted by atomic mass is 35.5. The third kappa shape index (κ3) is 2.39. The summed E-state index contributed by atoms with van der Waals surface area (Å²) < 4.78 is 0.130. The Morgan fingerprint density at radius 2 is 1.93 bits per heavy atom. The van der Waals surface area contributed by atoms with Gasteiger partial charge in [0.1, 0.15) is 0 Å². The molecular formula is C12H14ClNS. The highest BCUT2D eigenvalue weighted by molar-refractivity contribution is 8.00. The number of rotatable bonds is 3. The number of benzene rings is 1. The lowest BCUT2D eigenvalue weighted by atomic mass is 10.1. The molecule has 0 bridgehead atoms. The van der Waals surface area contributed by atoms with Crippen molar-refractivity contribution in [2.24, 2.45) is 5.73 Å². The molecule has 1 nitrogen and oxygen atoms in total. The molecule has 0 radical (unpaired) electrons. The van der Waals surface area contributed by atoms with Crippen molar-refractivity contribution in [1.29, 1.82) is 0 Å². The largest absolute Gasteiger partial charge is 0.329 e. The highest BCUT2D eigenvalue weighted by Crippen LogP contribution is 2.43. The van der Waals surface area contributed by atoms with Crippen molar-refractivity contribution in [2.45, 2.75) is 22.5 Å². The predicted molar refractivity (Wildman–Crippen MR) is 67.5 cm³/mol. The third-order valence-corrected chi connectivity index (χ3v) is 4.63. The van der Waals surface area contributed by atoms with E-state index in [9.17, 15) is 0 Å². The van der Waals surface area contributed by atoms with E-state index in [0.29, 0.717) is 6.54 Å². The Labute approximate surface area is 99.7 Å². The summed E-state index contributed by atoms with van der Waals surface area (Å²) in [7, 11) is 0. The van der Waals surface area contributed by atoms with E-state index in [2.05, 4.69) is 18.2 Å². The van der Waals surface area contributed by atoms with E-state index in [0.717, 1.165) is 22.8 Å². The van der Waals surface area contributed by atoms with Crippen molar-refractivity contribution in [1.82, 2.24) is 0 Å². The number of halogens is 1. The normalized spacial score (nSPS) is 18.3. The second-order valence-electron chi connectivity index (χ2n) is 3.80. The highest BCUT2D eigenvalue weighted by Gasteiger charge is 2.31. The monoisotopic (exact) mass is 239 g/mol. The van der Waals surface area contributed by atoms with E-state index >= 15 is 0 Å². The molecule has 0 fully saturated rings. The Hall–Kier alpha value is -0.440. The summed E-state index contributed by atoms with van der Waals surface area (Å²) in [6.45, 7) is 0.690. The molecule has 2 N–H and O–H groups in total. The van der Waals surface area contributed by atoms with Gasteiger partial charge in [-0.05, 0) is 25.0 Å². The molecule has 0 saturated carbocycles. The van der Waals surface area contributed by atoms with E-state index in [1.807, 2.05) is 18.2 Å². The fourth-order valence-corrected chi connectivity index (χ4v) is 3.20. The lowest BCUT2D eigenvalue weighted by Crippen LogP contribution is -2.31. The smallest absolute Gasteiger partial charge is 0.0542 e. The molecule has 1 aromatic carbocycles. The Morgan fingerprint density at radius 1 is 1.27 bits per heavy atom. The molecule has 0 aliphatic heterocycles. The Morgan fingerprint density at radius 3 is 2.53 bits per heavy atom. The molecule has 0 aromatic heterocycles. The zero-order valence-corrected chi connectivity index (χ0v) is 10.0. The van der Waals surface area contributed by atoms with Gasteiger partial charge in [-0.3, -0.25) is 0 Å². The van der Waals surface area contributed by atoms with Gasteiger partial charge in [0.25, 0.3) is 0 Å². The summed E-state index contributed by atoms with van der Waals surface area (Å²) in [5.74, 6) is 0. The summed E-state index contributed by atoms with van der Waals surface area (Å²) in [6.07, 6.45) is 6.49. The van der Waals surface area contributed by atoms with Crippen molar-refractivity contribution in [2.75, 3.05) is 6.54 Å². The second kappa shape index (κ2) is 4.60. The van der Waals surface area contributed by atoms with Crippen molar-refractivity contribution in [3.05, 3.63) is 41.4 Å². The first kappa shape index (κ1) is 11.1. The van der Waals surface area contributed by atoms with Crippen molar-refractivity contribution < 1.29 is 0 Å². The zero-order valence-electron chi connectivity index (χ0n) is 8.45. The van der Waals surface area contributed by atoms with E-state index in [1.165, 1.54) is 0 Å². The van der Waals surface area contributed by atoms with Gasteiger partial charge < -0.3 is 5.73 Å². The Kier molecular flexibility index (Phi) is 3.39. The maximum absolute atomic E-state index is 6.14. The predicted octanol–water partition coefficient (Wildman–Crippen LogP) is 3.48. The minimum atomic E-state index is 0.130. The summed E-state index contributed by atoms with van der Waals surface area (Å²) >= 11 is 7.95. The molecule has 0 atom stereocenters. The first-order valence-electron chi connectivity index (χ1n) is 5.04. The van der Waals surface area contributed by atoms with Crippen LogP contribution in [0.3, 0.4) is 0 Å². The van der Waals surface area contributed by atoms with Crippen LogP contribution in [0.25, 0.3) is 0 Å². The average molecular weight is 240 g/mol. The quantitative estimate of drug-likeness (QED) is 0.818. The summed E-state index contributed by atoms with van der Waals surface area (Å²) in [4.78, 5) is 1.13. The average Bonchev–Trinajstić information content (AvgIpc) is 2.71. The number of hydrogen-bond donors (Lipinski definition) is 1. The van der Waals surface area contributed by atoms with Crippen LogP contribution in [0.4, 0.5) is 0 Å². The van der Waals surface area contributed by atoms with Crippen LogP contribution >= 0.6 is 23.4 Å². The number of allylic oxidation sites excluding steroid dienone is 2. The maximum atomic E-state index is 6.14. The van der Waals surface area contributed by atoms with Crippen LogP contribution in [0.1, 0.15) is 12.8 Å². The van der Waals surface area contributed by atoms with E-state index in [4.69, 9.17) is 17.3 Å². The van der Waals surface area contributed by atoms with Crippen LogP contribution in [0.2, 0.25) is 5.02 Å².